The van der Waals surface area contributed by atoms with E-state index in [9.17, 15) is 14.4 Å². The quantitative estimate of drug-likeness (QED) is 0.803. The first-order valence-corrected chi connectivity index (χ1v) is 6.47. The van der Waals surface area contributed by atoms with Crippen molar-refractivity contribution in [3.8, 4) is 11.8 Å². The van der Waals surface area contributed by atoms with Gasteiger partial charge in [0.05, 0.1) is 18.7 Å². The van der Waals surface area contributed by atoms with Gasteiger partial charge < -0.3 is 4.74 Å². The van der Waals surface area contributed by atoms with E-state index in [1.165, 1.54) is 37.4 Å². The number of carbonyl (C=O) groups is 1. The van der Waals surface area contributed by atoms with E-state index in [1.54, 1.807) is 12.1 Å². The number of Topliss-reactive ketones (excluding diaryl/α,β-unsaturated/α-hetero) is 1. The average molecular weight is 304 g/mol. The first-order chi connectivity index (χ1) is 10.1. The Kier molecular flexibility index (Phi) is 4.56. The van der Waals surface area contributed by atoms with Crippen molar-refractivity contribution in [2.24, 2.45) is 0 Å². The van der Waals surface area contributed by atoms with Crippen LogP contribution >= 0.6 is 11.6 Å². The van der Waals surface area contributed by atoms with Gasteiger partial charge in [-0.2, -0.15) is 5.26 Å². The Morgan fingerprint density at radius 1 is 1.33 bits per heavy atom. The highest BCUT2D eigenvalue weighted by molar-refractivity contribution is 6.31. The Balaban J connectivity index is 2.47. The van der Waals surface area contributed by atoms with Gasteiger partial charge in [-0.3, -0.25) is 4.79 Å². The molecule has 0 amide bonds. The molecule has 0 heterocycles. The molecule has 0 saturated heterocycles. The van der Waals surface area contributed by atoms with Gasteiger partial charge in [-0.15, -0.1) is 0 Å². The summed E-state index contributed by atoms with van der Waals surface area (Å²) in [5.41, 5.74) is 0.491. The van der Waals surface area contributed by atoms with Gasteiger partial charge >= 0.3 is 0 Å². The van der Waals surface area contributed by atoms with E-state index in [2.05, 4.69) is 0 Å². The van der Waals surface area contributed by atoms with E-state index >= 15 is 0 Å². The lowest BCUT2D eigenvalue weighted by molar-refractivity contribution is 0.0976. The van der Waals surface area contributed by atoms with E-state index in [0.29, 0.717) is 16.3 Å². The zero-order valence-electron chi connectivity index (χ0n) is 11.1. The molecule has 0 saturated carbocycles. The lowest BCUT2D eigenvalue weighted by atomic mass is 9.91. The molecule has 1 atom stereocenters. The summed E-state index contributed by atoms with van der Waals surface area (Å²) >= 11 is 5.89. The fourth-order valence-corrected chi connectivity index (χ4v) is 2.17. The lowest BCUT2D eigenvalue weighted by Gasteiger charge is -2.12. The fourth-order valence-electron chi connectivity index (χ4n) is 2.00. The highest BCUT2D eigenvalue weighted by Crippen LogP contribution is 2.29. The van der Waals surface area contributed by atoms with E-state index in [1.807, 2.05) is 6.07 Å². The Hall–Kier alpha value is -2.38. The molecule has 21 heavy (non-hydrogen) atoms. The summed E-state index contributed by atoms with van der Waals surface area (Å²) in [4.78, 5) is 12.5. The number of nitrogens with zero attached hydrogens (tertiary/aromatic N) is 1. The molecule has 0 bridgehead atoms. The normalized spacial score (nSPS) is 11.5. The maximum Gasteiger partial charge on any atom is 0.188 e. The summed E-state index contributed by atoms with van der Waals surface area (Å²) in [6.07, 6.45) is 0. The van der Waals surface area contributed by atoms with E-state index < -0.39 is 17.5 Å². The van der Waals surface area contributed by atoms with Crippen LogP contribution in [0.3, 0.4) is 0 Å². The summed E-state index contributed by atoms with van der Waals surface area (Å²) < 4.78 is 18.4. The minimum Gasteiger partial charge on any atom is -0.496 e. The molecule has 0 aliphatic heterocycles. The van der Waals surface area contributed by atoms with Crippen LogP contribution in [0.4, 0.5) is 4.39 Å². The first-order valence-electron chi connectivity index (χ1n) is 6.09. The molecule has 2 rings (SSSR count). The smallest absolute Gasteiger partial charge is 0.188 e. The molecule has 0 N–H and O–H groups in total. The number of rotatable bonds is 4. The largest absolute Gasteiger partial charge is 0.496 e. The molecule has 2 aromatic rings. The third kappa shape index (κ3) is 3.21. The molecule has 0 aliphatic rings. The summed E-state index contributed by atoms with van der Waals surface area (Å²) in [6.45, 7) is 0. The Bertz CT molecular complexity index is 724. The van der Waals surface area contributed by atoms with E-state index in [-0.39, 0.29) is 5.56 Å². The average Bonchev–Trinajstić information content (AvgIpc) is 2.48. The summed E-state index contributed by atoms with van der Waals surface area (Å²) in [7, 11) is 1.42. The van der Waals surface area contributed by atoms with Gasteiger partial charge in [-0.05, 0) is 35.9 Å². The minimum absolute atomic E-state index is 0.195. The van der Waals surface area contributed by atoms with E-state index in [4.69, 9.17) is 16.3 Å². The predicted molar refractivity (Wildman–Crippen MR) is 77.1 cm³/mol. The molecule has 106 valence electrons. The number of ketones is 1. The van der Waals surface area contributed by atoms with Gasteiger partial charge in [0.15, 0.2) is 5.78 Å². The topological polar surface area (TPSA) is 50.1 Å². The van der Waals surface area contributed by atoms with Crippen LogP contribution in [0, 0.1) is 17.1 Å². The van der Waals surface area contributed by atoms with Crippen molar-refractivity contribution in [2.75, 3.05) is 7.11 Å². The molecule has 5 heteroatoms. The number of hydrogen-bond acceptors (Lipinski definition) is 3. The molecule has 0 spiro atoms. The predicted octanol–water partition coefficient (Wildman–Crippen LogP) is 3.98. The Labute approximate surface area is 126 Å². The van der Waals surface area contributed by atoms with Crippen LogP contribution in [0.15, 0.2) is 42.5 Å². The van der Waals surface area contributed by atoms with Gasteiger partial charge in [0.1, 0.15) is 17.5 Å². The minimum atomic E-state index is -1.12. The SMILES string of the molecule is COc1ccc(Cl)cc1C(=O)C(C#N)c1cccc(F)c1. The van der Waals surface area contributed by atoms with Crippen molar-refractivity contribution >= 4 is 17.4 Å². The zero-order valence-corrected chi connectivity index (χ0v) is 11.9. The van der Waals surface area contributed by atoms with Gasteiger partial charge in [-0.25, -0.2) is 4.39 Å². The summed E-state index contributed by atoms with van der Waals surface area (Å²) in [5.74, 6) is -1.78. The van der Waals surface area contributed by atoms with Crippen LogP contribution < -0.4 is 4.74 Å². The summed E-state index contributed by atoms with van der Waals surface area (Å²) in [6, 6.07) is 11.9. The van der Waals surface area contributed by atoms with Crippen LogP contribution in [0.2, 0.25) is 5.02 Å². The maximum atomic E-state index is 13.3. The standard InChI is InChI=1S/C16H11ClFNO2/c1-21-15-6-5-11(17)8-13(15)16(20)14(9-19)10-3-2-4-12(18)7-10/h2-8,14H,1H3. The number of nitriles is 1. The van der Waals surface area contributed by atoms with Gasteiger partial charge in [0, 0.05) is 5.02 Å². The molecule has 3 nitrogen and oxygen atoms in total. The second-order valence-electron chi connectivity index (χ2n) is 4.33. The van der Waals surface area contributed by atoms with Crippen LogP contribution in [0.25, 0.3) is 0 Å². The molecule has 0 radical (unpaired) electrons. The van der Waals surface area contributed by atoms with Gasteiger partial charge in [0.25, 0.3) is 0 Å². The molecular weight excluding hydrogens is 293 g/mol. The van der Waals surface area contributed by atoms with Crippen molar-refractivity contribution in [1.82, 2.24) is 0 Å². The second kappa shape index (κ2) is 6.38. The van der Waals surface area contributed by atoms with Crippen molar-refractivity contribution in [3.63, 3.8) is 0 Å². The maximum absolute atomic E-state index is 13.3. The Morgan fingerprint density at radius 3 is 2.71 bits per heavy atom. The lowest BCUT2D eigenvalue weighted by Crippen LogP contribution is -2.12. The molecule has 0 aromatic heterocycles. The third-order valence-corrected chi connectivity index (χ3v) is 3.24. The van der Waals surface area contributed by atoms with E-state index in [0.717, 1.165) is 0 Å². The van der Waals surface area contributed by atoms with Gasteiger partial charge in [0.2, 0.25) is 0 Å². The zero-order chi connectivity index (χ0) is 15.4. The highest BCUT2D eigenvalue weighted by Gasteiger charge is 2.25. The molecule has 0 fully saturated rings. The third-order valence-electron chi connectivity index (χ3n) is 3.00. The molecule has 2 aromatic carbocycles. The van der Waals surface area contributed by atoms with Gasteiger partial charge in [-0.1, -0.05) is 23.7 Å². The number of carbonyl (C=O) groups excluding carboxylic acids is 1. The number of hydrogen-bond donors (Lipinski definition) is 0. The highest BCUT2D eigenvalue weighted by atomic mass is 35.5. The second-order valence-corrected chi connectivity index (χ2v) is 4.76. The van der Waals surface area contributed by atoms with Crippen molar-refractivity contribution in [2.45, 2.75) is 5.92 Å². The number of ether oxygens (including phenoxy) is 1. The monoisotopic (exact) mass is 303 g/mol. The number of benzene rings is 2. The van der Waals surface area contributed by atoms with Crippen LogP contribution in [0.1, 0.15) is 21.8 Å². The molecular formula is C16H11ClFNO2. The van der Waals surface area contributed by atoms with Crippen molar-refractivity contribution in [3.05, 3.63) is 64.4 Å². The van der Waals surface area contributed by atoms with Crippen molar-refractivity contribution < 1.29 is 13.9 Å². The number of halogens is 2. The number of methoxy groups -OCH3 is 1. The first kappa shape index (κ1) is 15.0. The van der Waals surface area contributed by atoms with Crippen molar-refractivity contribution in [1.29, 1.82) is 5.26 Å². The van der Waals surface area contributed by atoms with Crippen LogP contribution in [0.5, 0.6) is 5.75 Å². The van der Waals surface area contributed by atoms with Crippen LogP contribution in [-0.2, 0) is 0 Å². The van der Waals surface area contributed by atoms with Crippen LogP contribution in [-0.4, -0.2) is 12.9 Å². The Morgan fingerprint density at radius 2 is 2.10 bits per heavy atom. The molecule has 0 aliphatic carbocycles. The molecule has 1 unspecified atom stereocenters. The summed E-state index contributed by atoms with van der Waals surface area (Å²) in [5, 5.41) is 9.62. The fraction of sp³-hybridized carbons (Fsp3) is 0.125.